The maximum Gasteiger partial charge on any atom is 0.325 e. The van der Waals surface area contributed by atoms with Gasteiger partial charge in [-0.1, -0.05) is 6.42 Å². The van der Waals surface area contributed by atoms with Crippen LogP contribution in [0.2, 0.25) is 0 Å². The van der Waals surface area contributed by atoms with Gasteiger partial charge in [-0.15, -0.1) is 0 Å². The second kappa shape index (κ2) is 6.37. The maximum absolute atomic E-state index is 12.5. The van der Waals surface area contributed by atoms with Crippen molar-refractivity contribution in [3.63, 3.8) is 0 Å². The number of likely N-dealkylation sites (N-methyl/N-ethyl adjacent to an activating group) is 1. The number of hydrogen-bond acceptors (Lipinski definition) is 4. The number of carbonyl (C=O) groups is 2. The molecule has 2 rings (SSSR count). The maximum atomic E-state index is 12.5. The lowest BCUT2D eigenvalue weighted by Gasteiger charge is -2.31. The van der Waals surface area contributed by atoms with Crippen LogP contribution < -0.4 is 5.32 Å². The largest absolute Gasteiger partial charge is 0.465 e. The third-order valence-corrected chi connectivity index (χ3v) is 4.38. The lowest BCUT2D eigenvalue weighted by molar-refractivity contribution is -0.151. The molecule has 5 heteroatoms. The number of fused-ring (bicyclic) bond motifs is 1. The van der Waals surface area contributed by atoms with Gasteiger partial charge in [0.25, 0.3) is 0 Å². The van der Waals surface area contributed by atoms with Crippen LogP contribution in [0, 0.1) is 5.92 Å². The number of nitrogens with one attached hydrogen (secondary N) is 1. The van der Waals surface area contributed by atoms with Gasteiger partial charge in [-0.05, 0) is 45.6 Å². The summed E-state index contributed by atoms with van der Waals surface area (Å²) in [5.74, 6) is 0.319. The van der Waals surface area contributed by atoms with E-state index in [1.54, 1.807) is 11.8 Å². The van der Waals surface area contributed by atoms with Gasteiger partial charge in [-0.25, -0.2) is 0 Å². The number of likely N-dealkylation sites (tertiary alicyclic amines) is 1. The number of carbonyl (C=O) groups excluding carboxylic acids is 2. The molecule has 0 aromatic rings. The van der Waals surface area contributed by atoms with Crippen LogP contribution in [-0.4, -0.2) is 49.1 Å². The van der Waals surface area contributed by atoms with E-state index in [0.29, 0.717) is 12.5 Å². The molecule has 0 spiro atoms. The topological polar surface area (TPSA) is 58.6 Å². The number of ether oxygens (including phenoxy) is 1. The fourth-order valence-electron chi connectivity index (χ4n) is 3.44. The predicted octanol–water partition coefficient (Wildman–Crippen LogP) is 0.929. The number of nitrogens with zero attached hydrogens (tertiary/aromatic N) is 1. The monoisotopic (exact) mass is 268 g/mol. The predicted molar refractivity (Wildman–Crippen MR) is 71.6 cm³/mol. The highest BCUT2D eigenvalue weighted by atomic mass is 16.5. The van der Waals surface area contributed by atoms with E-state index in [1.807, 2.05) is 7.05 Å². The summed E-state index contributed by atoms with van der Waals surface area (Å²) in [6.45, 7) is 2.26. The summed E-state index contributed by atoms with van der Waals surface area (Å²) < 4.78 is 5.00. The molecular formula is C14H24N2O3. The molecule has 1 heterocycles. The molecule has 0 aromatic heterocycles. The van der Waals surface area contributed by atoms with Crippen molar-refractivity contribution >= 4 is 11.9 Å². The lowest BCUT2D eigenvalue weighted by Crippen LogP contribution is -2.50. The molecule has 0 radical (unpaired) electrons. The van der Waals surface area contributed by atoms with Gasteiger partial charge in [-0.3, -0.25) is 9.59 Å². The van der Waals surface area contributed by atoms with Crippen molar-refractivity contribution in [1.82, 2.24) is 10.2 Å². The van der Waals surface area contributed by atoms with E-state index in [9.17, 15) is 9.59 Å². The van der Waals surface area contributed by atoms with E-state index in [-0.39, 0.29) is 30.5 Å². The van der Waals surface area contributed by atoms with Gasteiger partial charge in [0.05, 0.1) is 12.6 Å². The Balaban J connectivity index is 2.12. The van der Waals surface area contributed by atoms with E-state index in [0.717, 1.165) is 25.7 Å². The van der Waals surface area contributed by atoms with Gasteiger partial charge in [0.2, 0.25) is 5.91 Å². The van der Waals surface area contributed by atoms with E-state index in [2.05, 4.69) is 5.32 Å². The first-order chi connectivity index (χ1) is 9.17. The Labute approximate surface area is 114 Å². The molecule has 1 saturated heterocycles. The molecule has 1 aliphatic carbocycles. The molecule has 0 aromatic carbocycles. The fourth-order valence-corrected chi connectivity index (χ4v) is 3.44. The highest BCUT2D eigenvalue weighted by Gasteiger charge is 2.40. The first kappa shape index (κ1) is 14.3. The van der Waals surface area contributed by atoms with Crippen molar-refractivity contribution in [2.24, 2.45) is 5.92 Å². The third-order valence-electron chi connectivity index (χ3n) is 4.38. The number of esters is 1. The fraction of sp³-hybridized carbons (Fsp3) is 0.857. The number of amides is 1. The van der Waals surface area contributed by atoms with Crippen molar-refractivity contribution in [2.45, 2.75) is 51.1 Å². The zero-order valence-corrected chi connectivity index (χ0v) is 11.9. The minimum absolute atomic E-state index is 0.0601. The van der Waals surface area contributed by atoms with Crippen molar-refractivity contribution in [1.29, 1.82) is 0 Å². The van der Waals surface area contributed by atoms with E-state index < -0.39 is 0 Å². The zero-order chi connectivity index (χ0) is 13.8. The summed E-state index contributed by atoms with van der Waals surface area (Å²) in [6.07, 6.45) is 5.29. The number of hydrogen-bond donors (Lipinski definition) is 1. The van der Waals surface area contributed by atoms with Crippen LogP contribution in [0.4, 0.5) is 0 Å². The highest BCUT2D eigenvalue weighted by molar-refractivity contribution is 5.86. The normalized spacial score (nSPS) is 30.9. The summed E-state index contributed by atoms with van der Waals surface area (Å²) >= 11 is 0. The first-order valence-corrected chi connectivity index (χ1v) is 7.30. The zero-order valence-electron chi connectivity index (χ0n) is 11.9. The van der Waals surface area contributed by atoms with E-state index >= 15 is 0 Å². The standard InChI is InChI=1S/C14H24N2O3/c1-3-19-13(17)9-16-12-6-4-5-10(12)7-8-11(15-2)14(16)18/h10-12,15H,3-9H2,1-2H3. The quantitative estimate of drug-likeness (QED) is 0.771. The SMILES string of the molecule is CCOC(=O)CN1C(=O)C(NC)CCC2CCCC21. The summed E-state index contributed by atoms with van der Waals surface area (Å²) in [4.78, 5) is 26.0. The van der Waals surface area contributed by atoms with Crippen LogP contribution in [0.25, 0.3) is 0 Å². The molecule has 1 N–H and O–H groups in total. The molecule has 1 saturated carbocycles. The van der Waals surface area contributed by atoms with E-state index in [4.69, 9.17) is 4.74 Å². The average Bonchev–Trinajstić information content (AvgIpc) is 2.80. The Morgan fingerprint density at radius 3 is 2.84 bits per heavy atom. The van der Waals surface area contributed by atoms with Gasteiger partial charge >= 0.3 is 5.97 Å². The molecule has 1 aliphatic heterocycles. The molecular weight excluding hydrogens is 244 g/mol. The summed E-state index contributed by atoms with van der Waals surface area (Å²) in [7, 11) is 1.81. The van der Waals surface area contributed by atoms with Gasteiger partial charge in [0.15, 0.2) is 0 Å². The molecule has 2 aliphatic rings. The Hall–Kier alpha value is -1.10. The Morgan fingerprint density at radius 2 is 2.16 bits per heavy atom. The molecule has 19 heavy (non-hydrogen) atoms. The highest BCUT2D eigenvalue weighted by Crippen LogP contribution is 2.36. The van der Waals surface area contributed by atoms with Gasteiger partial charge in [-0.2, -0.15) is 0 Å². The number of rotatable bonds is 4. The van der Waals surface area contributed by atoms with Crippen molar-refractivity contribution in [3.8, 4) is 0 Å². The smallest absolute Gasteiger partial charge is 0.325 e. The van der Waals surface area contributed by atoms with Crippen LogP contribution in [0.3, 0.4) is 0 Å². The van der Waals surface area contributed by atoms with E-state index in [1.165, 1.54) is 6.42 Å². The Kier molecular flexibility index (Phi) is 4.80. The van der Waals surface area contributed by atoms with Crippen LogP contribution in [0.1, 0.15) is 39.0 Å². The Bertz CT molecular complexity index is 346. The first-order valence-electron chi connectivity index (χ1n) is 7.30. The molecule has 1 amide bonds. The van der Waals surface area contributed by atoms with Gasteiger partial charge in [0, 0.05) is 6.04 Å². The summed E-state index contributed by atoms with van der Waals surface area (Å²) in [6, 6.07) is 0.0790. The molecule has 3 unspecified atom stereocenters. The summed E-state index contributed by atoms with van der Waals surface area (Å²) in [5, 5.41) is 3.07. The van der Waals surface area contributed by atoms with Crippen molar-refractivity contribution in [2.75, 3.05) is 20.2 Å². The van der Waals surface area contributed by atoms with Gasteiger partial charge in [0.1, 0.15) is 6.54 Å². The molecule has 5 nitrogen and oxygen atoms in total. The molecule has 3 atom stereocenters. The van der Waals surface area contributed by atoms with Crippen LogP contribution >= 0.6 is 0 Å². The second-order valence-corrected chi connectivity index (χ2v) is 5.45. The Morgan fingerprint density at radius 1 is 1.37 bits per heavy atom. The minimum Gasteiger partial charge on any atom is -0.465 e. The van der Waals surface area contributed by atoms with Crippen LogP contribution in [0.5, 0.6) is 0 Å². The van der Waals surface area contributed by atoms with Crippen molar-refractivity contribution < 1.29 is 14.3 Å². The van der Waals surface area contributed by atoms with Crippen LogP contribution in [-0.2, 0) is 14.3 Å². The van der Waals surface area contributed by atoms with Crippen molar-refractivity contribution in [3.05, 3.63) is 0 Å². The van der Waals surface area contributed by atoms with Gasteiger partial charge < -0.3 is 15.0 Å². The van der Waals surface area contributed by atoms with Crippen LogP contribution in [0.15, 0.2) is 0 Å². The second-order valence-electron chi connectivity index (χ2n) is 5.45. The minimum atomic E-state index is -0.293. The molecule has 108 valence electrons. The molecule has 2 fully saturated rings. The molecule has 0 bridgehead atoms. The lowest BCUT2D eigenvalue weighted by atomic mass is 9.97. The summed E-state index contributed by atoms with van der Waals surface area (Å²) in [5.41, 5.74) is 0. The third kappa shape index (κ3) is 3.08. The average molecular weight is 268 g/mol.